The molecule has 0 aromatic carbocycles. The number of hydrogen-bond donors (Lipinski definition) is 0. The van der Waals surface area contributed by atoms with Gasteiger partial charge in [0.1, 0.15) is 0 Å². The Morgan fingerprint density at radius 1 is 0.667 bits per heavy atom. The van der Waals surface area contributed by atoms with Crippen LogP contribution in [-0.4, -0.2) is 71.7 Å². The van der Waals surface area contributed by atoms with Crippen LogP contribution in [0.25, 0.3) is 0 Å². The molecule has 0 amide bonds. The largest absolute Gasteiger partial charge is 0.376 e. The van der Waals surface area contributed by atoms with E-state index in [-0.39, 0.29) is 28.3 Å². The molecule has 5 nitrogen and oxygen atoms in total. The van der Waals surface area contributed by atoms with Crippen LogP contribution in [0.2, 0.25) is 0 Å². The van der Waals surface area contributed by atoms with E-state index in [1.807, 2.05) is 0 Å². The first-order chi connectivity index (χ1) is 12.2. The first-order valence-electron chi connectivity index (χ1n) is 10.5. The predicted molar refractivity (Wildman–Crippen MR) is 111 cm³/mol. The fourth-order valence-corrected chi connectivity index (χ4v) is 5.61. The van der Waals surface area contributed by atoms with Gasteiger partial charge in [-0.05, 0) is 88.1 Å². The lowest BCUT2D eigenvalue weighted by Gasteiger charge is -2.53. The minimum Gasteiger partial charge on any atom is -0.376 e. The summed E-state index contributed by atoms with van der Waals surface area (Å²) in [6, 6.07) is 0. The Hall–Kier alpha value is -0.200. The monoisotopic (exact) mass is 384 g/mol. The standard InChI is InChI=1S/C22H44N2O3/c1-19(2)13-17(14-20(3,4)23(19)9)26-11-12-27-18-15-21(5,6)24(25-10)22(7,8)16-18/h17-18H,11-16H2,1-10H3. The summed E-state index contributed by atoms with van der Waals surface area (Å²) in [5, 5.41) is 2.12. The van der Waals surface area contributed by atoms with Gasteiger partial charge in [-0.3, -0.25) is 4.90 Å². The van der Waals surface area contributed by atoms with E-state index in [1.54, 1.807) is 7.11 Å². The molecule has 160 valence electrons. The molecule has 0 radical (unpaired) electrons. The highest BCUT2D eigenvalue weighted by molar-refractivity contribution is 4.99. The van der Waals surface area contributed by atoms with Gasteiger partial charge in [-0.25, -0.2) is 0 Å². The second-order valence-corrected chi connectivity index (χ2v) is 11.1. The predicted octanol–water partition coefficient (Wildman–Crippen LogP) is 4.25. The lowest BCUT2D eigenvalue weighted by Crippen LogP contribution is -2.61. The third-order valence-electron chi connectivity index (χ3n) is 6.80. The van der Waals surface area contributed by atoms with Crippen molar-refractivity contribution in [3.05, 3.63) is 0 Å². The molecule has 0 aromatic rings. The average Bonchev–Trinajstić information content (AvgIpc) is 2.46. The molecule has 2 rings (SSSR count). The molecule has 2 aliphatic heterocycles. The van der Waals surface area contributed by atoms with E-state index in [1.165, 1.54) is 0 Å². The van der Waals surface area contributed by atoms with Gasteiger partial charge in [0.05, 0.1) is 32.5 Å². The van der Waals surface area contributed by atoms with Crippen molar-refractivity contribution in [2.24, 2.45) is 0 Å². The van der Waals surface area contributed by atoms with Crippen molar-refractivity contribution in [3.63, 3.8) is 0 Å². The third kappa shape index (κ3) is 5.24. The van der Waals surface area contributed by atoms with Crippen molar-refractivity contribution in [1.82, 2.24) is 9.96 Å². The van der Waals surface area contributed by atoms with Gasteiger partial charge in [0.2, 0.25) is 0 Å². The van der Waals surface area contributed by atoms with Crippen LogP contribution >= 0.6 is 0 Å². The maximum atomic E-state index is 6.25. The number of hydroxylamine groups is 2. The molecule has 0 aromatic heterocycles. The molecule has 2 heterocycles. The zero-order valence-corrected chi connectivity index (χ0v) is 19.5. The van der Waals surface area contributed by atoms with Crippen LogP contribution < -0.4 is 0 Å². The molecule has 0 unspecified atom stereocenters. The first kappa shape index (κ1) is 23.1. The van der Waals surface area contributed by atoms with E-state index in [2.05, 4.69) is 72.4 Å². The molecule has 0 atom stereocenters. The van der Waals surface area contributed by atoms with E-state index in [0.29, 0.717) is 19.3 Å². The highest BCUT2D eigenvalue weighted by atomic mass is 16.7. The summed E-state index contributed by atoms with van der Waals surface area (Å²) in [5.74, 6) is 0. The molecule has 2 fully saturated rings. The fourth-order valence-electron chi connectivity index (χ4n) is 5.61. The summed E-state index contributed by atoms with van der Waals surface area (Å²) in [4.78, 5) is 8.16. The minimum absolute atomic E-state index is 0.0377. The van der Waals surface area contributed by atoms with Crippen molar-refractivity contribution in [1.29, 1.82) is 0 Å². The Balaban J connectivity index is 1.82. The van der Waals surface area contributed by atoms with Crippen molar-refractivity contribution in [2.45, 2.75) is 115 Å². The molecular weight excluding hydrogens is 340 g/mol. The maximum Gasteiger partial charge on any atom is 0.0704 e. The Bertz CT molecular complexity index is 466. The number of nitrogens with zero attached hydrogens (tertiary/aromatic N) is 2. The van der Waals surface area contributed by atoms with E-state index in [9.17, 15) is 0 Å². The molecule has 2 aliphatic rings. The molecule has 0 spiro atoms. The zero-order chi connectivity index (χ0) is 20.7. The quantitative estimate of drug-likeness (QED) is 0.640. The number of piperidine rings is 2. The van der Waals surface area contributed by atoms with Gasteiger partial charge < -0.3 is 14.3 Å². The van der Waals surface area contributed by atoms with Crippen molar-refractivity contribution >= 4 is 0 Å². The highest BCUT2D eigenvalue weighted by Crippen LogP contribution is 2.40. The number of ether oxygens (including phenoxy) is 2. The van der Waals surface area contributed by atoms with E-state index < -0.39 is 0 Å². The highest BCUT2D eigenvalue weighted by Gasteiger charge is 2.47. The normalized spacial score (nSPS) is 29.1. The molecule has 2 saturated heterocycles. The molecular formula is C22H44N2O3. The Labute approximate surface area is 167 Å². The summed E-state index contributed by atoms with van der Waals surface area (Å²) in [6.07, 6.45) is 4.63. The maximum absolute atomic E-state index is 6.25. The Morgan fingerprint density at radius 3 is 1.33 bits per heavy atom. The molecule has 0 aliphatic carbocycles. The van der Waals surface area contributed by atoms with Crippen LogP contribution in [-0.2, 0) is 14.3 Å². The summed E-state index contributed by atoms with van der Waals surface area (Å²) >= 11 is 0. The topological polar surface area (TPSA) is 34.2 Å². The van der Waals surface area contributed by atoms with Gasteiger partial charge in [-0.15, -0.1) is 0 Å². The lowest BCUT2D eigenvalue weighted by atomic mass is 9.79. The van der Waals surface area contributed by atoms with Crippen LogP contribution in [0.3, 0.4) is 0 Å². The SMILES string of the molecule is CON1C(C)(C)CC(OCCOC2CC(C)(C)N(C)C(C)(C)C2)CC1(C)C. The van der Waals surface area contributed by atoms with Crippen LogP contribution in [0, 0.1) is 0 Å². The molecule has 5 heteroatoms. The van der Waals surface area contributed by atoms with Gasteiger partial charge in [-0.1, -0.05) is 0 Å². The van der Waals surface area contributed by atoms with Crippen molar-refractivity contribution in [2.75, 3.05) is 27.4 Å². The number of rotatable bonds is 6. The van der Waals surface area contributed by atoms with Crippen LogP contribution in [0.4, 0.5) is 0 Å². The Morgan fingerprint density at radius 2 is 1.00 bits per heavy atom. The summed E-state index contributed by atoms with van der Waals surface area (Å²) in [7, 11) is 4.00. The number of hydrogen-bond acceptors (Lipinski definition) is 5. The molecule has 27 heavy (non-hydrogen) atoms. The van der Waals surface area contributed by atoms with Gasteiger partial charge in [-0.2, -0.15) is 5.06 Å². The van der Waals surface area contributed by atoms with Crippen LogP contribution in [0.1, 0.15) is 81.1 Å². The minimum atomic E-state index is -0.0377. The second kappa shape index (κ2) is 7.91. The second-order valence-electron chi connectivity index (χ2n) is 11.1. The van der Waals surface area contributed by atoms with E-state index in [4.69, 9.17) is 14.3 Å². The first-order valence-corrected chi connectivity index (χ1v) is 10.5. The average molecular weight is 385 g/mol. The zero-order valence-electron chi connectivity index (χ0n) is 19.5. The third-order valence-corrected chi connectivity index (χ3v) is 6.80. The van der Waals surface area contributed by atoms with Gasteiger partial charge >= 0.3 is 0 Å². The summed E-state index contributed by atoms with van der Waals surface area (Å²) in [5.41, 5.74) is 0.247. The van der Waals surface area contributed by atoms with Crippen LogP contribution in [0.5, 0.6) is 0 Å². The van der Waals surface area contributed by atoms with E-state index >= 15 is 0 Å². The molecule has 0 N–H and O–H groups in total. The molecule has 0 bridgehead atoms. The van der Waals surface area contributed by atoms with Gasteiger partial charge in [0.15, 0.2) is 0 Å². The molecule has 0 saturated carbocycles. The fraction of sp³-hybridized carbons (Fsp3) is 1.00. The number of likely N-dealkylation sites (tertiary alicyclic amines) is 1. The van der Waals surface area contributed by atoms with Crippen molar-refractivity contribution in [3.8, 4) is 0 Å². The lowest BCUT2D eigenvalue weighted by molar-refractivity contribution is -0.280. The van der Waals surface area contributed by atoms with E-state index in [0.717, 1.165) is 25.7 Å². The van der Waals surface area contributed by atoms with Crippen LogP contribution in [0.15, 0.2) is 0 Å². The van der Waals surface area contributed by atoms with Gasteiger partial charge in [0.25, 0.3) is 0 Å². The van der Waals surface area contributed by atoms with Crippen molar-refractivity contribution < 1.29 is 14.3 Å². The smallest absolute Gasteiger partial charge is 0.0704 e. The summed E-state index contributed by atoms with van der Waals surface area (Å²) < 4.78 is 12.5. The van der Waals surface area contributed by atoms with Gasteiger partial charge in [0, 0.05) is 22.2 Å². The Kier molecular flexibility index (Phi) is 6.76. The summed E-state index contributed by atoms with van der Waals surface area (Å²) in [6.45, 7) is 19.5.